The van der Waals surface area contributed by atoms with Gasteiger partial charge in [-0.05, 0) is 56.5 Å². The van der Waals surface area contributed by atoms with Crippen LogP contribution in [0.15, 0.2) is 69.9 Å². The van der Waals surface area contributed by atoms with E-state index in [4.69, 9.17) is 4.99 Å². The largest absolute Gasteiger partial charge is 0.288 e. The van der Waals surface area contributed by atoms with E-state index in [1.807, 2.05) is 30.0 Å². The predicted molar refractivity (Wildman–Crippen MR) is 133 cm³/mol. The topological polar surface area (TPSA) is 51.4 Å². The lowest BCUT2D eigenvalue weighted by Crippen LogP contribution is -2.44. The van der Waals surface area contributed by atoms with Crippen LogP contribution in [-0.4, -0.2) is 33.4 Å². The molecule has 0 bridgehead atoms. The number of hydrogen-bond acceptors (Lipinski definition) is 4. The quantitative estimate of drug-likeness (QED) is 0.712. The lowest BCUT2D eigenvalue weighted by atomic mass is 9.96. The molecule has 2 aromatic carbocycles. The van der Waals surface area contributed by atoms with Crippen LogP contribution >= 0.6 is 12.4 Å². The Balaban J connectivity index is 0.00000245. The Kier molecular flexibility index (Phi) is 5.80. The summed E-state index contributed by atoms with van der Waals surface area (Å²) >= 11 is 0. The van der Waals surface area contributed by atoms with Crippen molar-refractivity contribution in [1.29, 1.82) is 0 Å². The molecule has 0 amide bonds. The molecule has 1 unspecified atom stereocenters. The molecule has 0 aromatic heterocycles. The summed E-state index contributed by atoms with van der Waals surface area (Å²) in [6, 6.07) is 12.1. The fraction of sp³-hybridized carbons (Fsp3) is 0.231. The average molecular weight is 447 g/mol. The molecule has 0 radical (unpaired) electrons. The zero-order chi connectivity index (χ0) is 21.7. The number of fused-ring (bicyclic) bond motifs is 3. The molecule has 2 heterocycles. The first-order valence-electron chi connectivity index (χ1n) is 10.6. The van der Waals surface area contributed by atoms with Crippen LogP contribution in [0.1, 0.15) is 30.0 Å². The highest BCUT2D eigenvalue weighted by molar-refractivity contribution is 6.02. The minimum absolute atomic E-state index is 0. The Morgan fingerprint density at radius 2 is 1.81 bits per heavy atom. The summed E-state index contributed by atoms with van der Waals surface area (Å²) in [7, 11) is 0. The molecule has 1 aliphatic carbocycles. The van der Waals surface area contributed by atoms with Crippen LogP contribution in [0.2, 0.25) is 0 Å². The van der Waals surface area contributed by atoms with Crippen LogP contribution < -0.4 is 10.4 Å². The smallest absolute Gasteiger partial charge is 0.140 e. The fourth-order valence-electron chi connectivity index (χ4n) is 4.75. The maximum atomic E-state index is 11.4. The third kappa shape index (κ3) is 3.48. The molecule has 5 nitrogen and oxygen atoms in total. The van der Waals surface area contributed by atoms with E-state index in [1.54, 1.807) is 12.5 Å². The average Bonchev–Trinajstić information content (AvgIpc) is 2.85. The molecule has 3 aliphatic rings. The molecule has 5 rings (SSSR count). The van der Waals surface area contributed by atoms with Crippen LogP contribution in [-0.2, 0) is 0 Å². The van der Waals surface area contributed by atoms with Gasteiger partial charge in [0.15, 0.2) is 0 Å². The lowest BCUT2D eigenvalue weighted by Gasteiger charge is -2.29. The number of aliphatic imine (C=N–C) groups is 2. The fourth-order valence-corrected chi connectivity index (χ4v) is 4.75. The van der Waals surface area contributed by atoms with E-state index in [1.165, 1.54) is 10.6 Å². The number of halogens is 1. The minimum atomic E-state index is -0.369. The van der Waals surface area contributed by atoms with Crippen molar-refractivity contribution in [2.24, 2.45) is 9.98 Å². The van der Waals surface area contributed by atoms with Crippen LogP contribution in [0.3, 0.4) is 0 Å². The Morgan fingerprint density at radius 1 is 1.09 bits per heavy atom. The standard InChI is InChI=1S/C26H26N4O.ClH/c1-16-13-17(2)24(18(3)14-16)28-26-19(4)30(31)25-21-8-6-5-7-20(21)9-10-22(25)23-11-12-27-15-29(23)26;/h5-9,11-15,19,31H,10H2,1-4H3;1H. The van der Waals surface area contributed by atoms with E-state index in [2.05, 4.69) is 56.1 Å². The number of rotatable bonds is 1. The molecular formula is C26H27ClN4O. The number of hydrogen-bond donors (Lipinski definition) is 1. The van der Waals surface area contributed by atoms with E-state index in [0.29, 0.717) is 0 Å². The summed E-state index contributed by atoms with van der Waals surface area (Å²) in [5.74, 6) is 0.743. The molecule has 0 saturated heterocycles. The van der Waals surface area contributed by atoms with E-state index in [0.717, 1.165) is 56.5 Å². The second-order valence-corrected chi connectivity index (χ2v) is 8.40. The summed E-state index contributed by atoms with van der Waals surface area (Å²) in [5, 5.41) is 15.0. The second kappa shape index (κ2) is 8.41. The summed E-state index contributed by atoms with van der Waals surface area (Å²) in [6.07, 6.45) is 8.56. The number of nitrogens with zero attached hydrogens (tertiary/aromatic N) is 4. The van der Waals surface area contributed by atoms with Crippen LogP contribution in [0.4, 0.5) is 5.69 Å². The van der Waals surface area contributed by atoms with E-state index in [9.17, 15) is 5.21 Å². The summed E-state index contributed by atoms with van der Waals surface area (Å²) in [6.45, 7) is 8.25. The summed E-state index contributed by atoms with van der Waals surface area (Å²) in [5.41, 5.74) is 7.30. The Labute approximate surface area is 194 Å². The number of allylic oxidation sites excluding steroid dienone is 1. The zero-order valence-corrected chi connectivity index (χ0v) is 19.5. The molecule has 2 aromatic rings. The van der Waals surface area contributed by atoms with Gasteiger partial charge >= 0.3 is 0 Å². The van der Waals surface area contributed by atoms with Gasteiger partial charge in [0.1, 0.15) is 18.2 Å². The highest BCUT2D eigenvalue weighted by Gasteiger charge is 2.35. The maximum absolute atomic E-state index is 11.4. The zero-order valence-electron chi connectivity index (χ0n) is 18.7. The molecule has 32 heavy (non-hydrogen) atoms. The van der Waals surface area contributed by atoms with Crippen molar-refractivity contribution < 1.29 is 5.21 Å². The van der Waals surface area contributed by atoms with Crippen molar-refractivity contribution in [3.05, 3.63) is 87.1 Å². The van der Waals surface area contributed by atoms with Gasteiger partial charge in [-0.25, -0.2) is 15.0 Å². The predicted octanol–water partition coefficient (Wildman–Crippen LogP) is 4.26. The Bertz CT molecular complexity index is 1310. The summed E-state index contributed by atoms with van der Waals surface area (Å²) < 4.78 is 0. The van der Waals surface area contributed by atoms with Crippen LogP contribution in [0.5, 0.6) is 0 Å². The van der Waals surface area contributed by atoms with Gasteiger partial charge in [-0.3, -0.25) is 10.1 Å². The number of amidine groups is 1. The molecule has 1 atom stereocenters. The van der Waals surface area contributed by atoms with Gasteiger partial charge in [0, 0.05) is 17.0 Å². The van der Waals surface area contributed by atoms with Crippen molar-refractivity contribution in [3.63, 3.8) is 0 Å². The molecule has 6 heteroatoms. The molecular weight excluding hydrogens is 420 g/mol. The highest BCUT2D eigenvalue weighted by atomic mass is 35.5. The van der Waals surface area contributed by atoms with E-state index < -0.39 is 0 Å². The third-order valence-electron chi connectivity index (χ3n) is 6.18. The van der Waals surface area contributed by atoms with Gasteiger partial charge < -0.3 is 0 Å². The molecule has 0 saturated carbocycles. The number of aryl methyl sites for hydroxylation is 3. The Hall–Kier alpha value is -3.15. The van der Waals surface area contributed by atoms with Gasteiger partial charge in [-0.15, -0.1) is 12.4 Å². The molecule has 0 spiro atoms. The lowest BCUT2D eigenvalue weighted by molar-refractivity contribution is -0.0417. The molecule has 1 N–H and O–H groups in total. The van der Waals surface area contributed by atoms with Gasteiger partial charge in [0.25, 0.3) is 0 Å². The van der Waals surface area contributed by atoms with Crippen LogP contribution in [0.25, 0.3) is 11.8 Å². The first-order valence-corrected chi connectivity index (χ1v) is 10.6. The van der Waals surface area contributed by atoms with Gasteiger partial charge in [0.05, 0.1) is 17.1 Å². The highest BCUT2D eigenvalue weighted by Crippen LogP contribution is 2.35. The third-order valence-corrected chi connectivity index (χ3v) is 6.18. The SMILES string of the molecule is Cc1cc(C)c(N=C2C(C)N(O)C3=c4ccccc4=CCC3=C3C=CN=CN23)c(C)c1.Cl. The monoisotopic (exact) mass is 446 g/mol. The van der Waals surface area contributed by atoms with E-state index in [-0.39, 0.29) is 18.4 Å². The van der Waals surface area contributed by atoms with Gasteiger partial charge in [-0.2, -0.15) is 0 Å². The first-order chi connectivity index (χ1) is 15.0. The minimum Gasteiger partial charge on any atom is -0.288 e. The van der Waals surface area contributed by atoms with Crippen molar-refractivity contribution in [1.82, 2.24) is 9.96 Å². The van der Waals surface area contributed by atoms with Crippen molar-refractivity contribution in [3.8, 4) is 0 Å². The number of hydroxylamine groups is 2. The maximum Gasteiger partial charge on any atom is 0.140 e. The van der Waals surface area contributed by atoms with Gasteiger partial charge in [0.2, 0.25) is 0 Å². The second-order valence-electron chi connectivity index (χ2n) is 8.40. The van der Waals surface area contributed by atoms with E-state index >= 15 is 0 Å². The Morgan fingerprint density at radius 3 is 2.56 bits per heavy atom. The first kappa shape index (κ1) is 22.1. The molecule has 2 aliphatic heterocycles. The normalized spacial score (nSPS) is 20.3. The molecule has 0 fully saturated rings. The number of benzene rings is 2. The van der Waals surface area contributed by atoms with Crippen molar-refractivity contribution >= 4 is 42.0 Å². The van der Waals surface area contributed by atoms with Gasteiger partial charge in [-0.1, -0.05) is 48.0 Å². The van der Waals surface area contributed by atoms with Crippen molar-refractivity contribution in [2.75, 3.05) is 0 Å². The van der Waals surface area contributed by atoms with Crippen LogP contribution in [0, 0.1) is 20.8 Å². The van der Waals surface area contributed by atoms with Crippen molar-refractivity contribution in [2.45, 2.75) is 40.2 Å². The summed E-state index contributed by atoms with van der Waals surface area (Å²) in [4.78, 5) is 11.5. The molecule has 164 valence electrons.